The summed E-state index contributed by atoms with van der Waals surface area (Å²) in [4.78, 5) is 14.0. The van der Waals surface area contributed by atoms with E-state index in [1.807, 2.05) is 24.3 Å². The summed E-state index contributed by atoms with van der Waals surface area (Å²) in [6.07, 6.45) is 0. The Morgan fingerprint density at radius 3 is 2.62 bits per heavy atom. The molecule has 21 heavy (non-hydrogen) atoms. The van der Waals surface area contributed by atoms with Crippen LogP contribution in [-0.2, 0) is 4.79 Å². The minimum atomic E-state index is -0.281. The molecule has 1 atom stereocenters. The van der Waals surface area contributed by atoms with Gasteiger partial charge in [-0.2, -0.15) is 0 Å². The normalized spacial score (nSPS) is 18.1. The molecular formula is C16H14FNO2S. The third-order valence-electron chi connectivity index (χ3n) is 3.37. The van der Waals surface area contributed by atoms with Gasteiger partial charge in [-0.05, 0) is 29.8 Å². The van der Waals surface area contributed by atoms with Crippen molar-refractivity contribution in [3.63, 3.8) is 0 Å². The lowest BCUT2D eigenvalue weighted by atomic mass is 10.1. The lowest BCUT2D eigenvalue weighted by molar-refractivity contribution is -0.115. The Bertz CT molecular complexity index is 660. The molecule has 1 fully saturated rings. The van der Waals surface area contributed by atoms with E-state index in [1.165, 1.54) is 23.9 Å². The van der Waals surface area contributed by atoms with E-state index in [2.05, 4.69) is 0 Å². The number of methoxy groups -OCH3 is 1. The fourth-order valence-electron chi connectivity index (χ4n) is 2.39. The Balaban J connectivity index is 2.01. The maximum Gasteiger partial charge on any atom is 0.238 e. The van der Waals surface area contributed by atoms with Crippen LogP contribution < -0.4 is 9.64 Å². The van der Waals surface area contributed by atoms with E-state index < -0.39 is 0 Å². The molecular weight excluding hydrogens is 289 g/mol. The van der Waals surface area contributed by atoms with Crippen LogP contribution in [-0.4, -0.2) is 18.8 Å². The summed E-state index contributed by atoms with van der Waals surface area (Å²) in [5.41, 5.74) is 1.64. The third-order valence-corrected chi connectivity index (χ3v) is 4.58. The number of hydrogen-bond acceptors (Lipinski definition) is 3. The number of hydrogen-bond donors (Lipinski definition) is 0. The van der Waals surface area contributed by atoms with Crippen LogP contribution in [0.1, 0.15) is 10.9 Å². The van der Waals surface area contributed by atoms with Crippen LogP contribution in [0.3, 0.4) is 0 Å². The first-order valence-corrected chi connectivity index (χ1v) is 7.57. The number of benzene rings is 2. The number of carbonyl (C=O) groups is 1. The van der Waals surface area contributed by atoms with Crippen molar-refractivity contribution in [1.82, 2.24) is 0 Å². The molecule has 0 bridgehead atoms. The summed E-state index contributed by atoms with van der Waals surface area (Å²) < 4.78 is 18.4. The molecule has 1 amide bonds. The van der Waals surface area contributed by atoms with Crippen molar-refractivity contribution in [3.05, 3.63) is 59.9 Å². The van der Waals surface area contributed by atoms with Gasteiger partial charge in [0.15, 0.2) is 0 Å². The first-order valence-electron chi connectivity index (χ1n) is 6.53. The molecule has 0 aromatic heterocycles. The molecule has 0 radical (unpaired) electrons. The SMILES string of the molecule is COc1ccccc1N1C(=O)CSC1c1ccc(F)cc1. The number of anilines is 1. The third kappa shape index (κ3) is 2.61. The molecule has 1 saturated heterocycles. The van der Waals surface area contributed by atoms with Gasteiger partial charge >= 0.3 is 0 Å². The quantitative estimate of drug-likeness (QED) is 0.867. The van der Waals surface area contributed by atoms with Crippen LogP contribution in [0.4, 0.5) is 10.1 Å². The molecule has 108 valence electrons. The number of nitrogens with zero attached hydrogens (tertiary/aromatic N) is 1. The average Bonchev–Trinajstić information content (AvgIpc) is 2.89. The Labute approximate surface area is 126 Å². The van der Waals surface area contributed by atoms with E-state index in [0.29, 0.717) is 11.5 Å². The molecule has 3 rings (SSSR count). The predicted octanol–water partition coefficient (Wildman–Crippen LogP) is 3.61. The lowest BCUT2D eigenvalue weighted by Gasteiger charge is -2.25. The van der Waals surface area contributed by atoms with Gasteiger partial charge in [0.25, 0.3) is 0 Å². The number of carbonyl (C=O) groups excluding carboxylic acids is 1. The smallest absolute Gasteiger partial charge is 0.238 e. The number of halogens is 1. The van der Waals surface area contributed by atoms with Gasteiger partial charge in [-0.15, -0.1) is 11.8 Å². The highest BCUT2D eigenvalue weighted by molar-refractivity contribution is 8.00. The summed E-state index contributed by atoms with van der Waals surface area (Å²) in [7, 11) is 1.58. The number of amides is 1. The minimum absolute atomic E-state index is 0.0267. The predicted molar refractivity (Wildman–Crippen MR) is 82.1 cm³/mol. The summed E-state index contributed by atoms with van der Waals surface area (Å²) in [5, 5.41) is -0.158. The van der Waals surface area contributed by atoms with Crippen molar-refractivity contribution >= 4 is 23.4 Å². The van der Waals surface area contributed by atoms with E-state index >= 15 is 0 Å². The lowest BCUT2D eigenvalue weighted by Crippen LogP contribution is -2.28. The van der Waals surface area contributed by atoms with Crippen molar-refractivity contribution in [2.24, 2.45) is 0 Å². The van der Waals surface area contributed by atoms with E-state index in [-0.39, 0.29) is 17.1 Å². The highest BCUT2D eigenvalue weighted by Gasteiger charge is 2.35. The standard InChI is InChI=1S/C16H14FNO2S/c1-20-14-5-3-2-4-13(14)18-15(19)10-21-16(18)11-6-8-12(17)9-7-11/h2-9,16H,10H2,1H3. The van der Waals surface area contributed by atoms with Crippen LogP contribution in [0.15, 0.2) is 48.5 Å². The molecule has 2 aromatic carbocycles. The molecule has 1 aliphatic rings. The monoisotopic (exact) mass is 303 g/mol. The van der Waals surface area contributed by atoms with Crippen LogP contribution in [0, 0.1) is 5.82 Å². The molecule has 0 N–H and O–H groups in total. The van der Waals surface area contributed by atoms with Gasteiger partial charge in [-0.25, -0.2) is 4.39 Å². The Kier molecular flexibility index (Phi) is 3.84. The van der Waals surface area contributed by atoms with Gasteiger partial charge in [0.2, 0.25) is 5.91 Å². The van der Waals surface area contributed by atoms with E-state index in [9.17, 15) is 9.18 Å². The largest absolute Gasteiger partial charge is 0.495 e. The Morgan fingerprint density at radius 1 is 1.19 bits per heavy atom. The second-order valence-corrected chi connectivity index (χ2v) is 5.72. The molecule has 0 aliphatic carbocycles. The van der Waals surface area contributed by atoms with E-state index in [0.717, 1.165) is 11.3 Å². The van der Waals surface area contributed by atoms with E-state index in [4.69, 9.17) is 4.74 Å². The molecule has 3 nitrogen and oxygen atoms in total. The first kappa shape index (κ1) is 13.9. The zero-order chi connectivity index (χ0) is 14.8. The summed E-state index contributed by atoms with van der Waals surface area (Å²) >= 11 is 1.53. The fraction of sp³-hybridized carbons (Fsp3) is 0.188. The summed E-state index contributed by atoms with van der Waals surface area (Å²) in [6, 6.07) is 13.7. The van der Waals surface area contributed by atoms with Crippen LogP contribution in [0.5, 0.6) is 5.75 Å². The zero-order valence-electron chi connectivity index (χ0n) is 11.5. The maximum absolute atomic E-state index is 13.1. The van der Waals surface area contributed by atoms with Gasteiger partial charge in [0.05, 0.1) is 18.6 Å². The topological polar surface area (TPSA) is 29.5 Å². The number of thioether (sulfide) groups is 1. The minimum Gasteiger partial charge on any atom is -0.495 e. The van der Waals surface area contributed by atoms with Crippen LogP contribution in [0.2, 0.25) is 0 Å². The number of ether oxygens (including phenoxy) is 1. The molecule has 0 saturated carbocycles. The van der Waals surface area contributed by atoms with Crippen molar-refractivity contribution < 1.29 is 13.9 Å². The van der Waals surface area contributed by atoms with Crippen LogP contribution >= 0.6 is 11.8 Å². The maximum atomic E-state index is 13.1. The molecule has 0 spiro atoms. The molecule has 1 heterocycles. The molecule has 1 unspecified atom stereocenters. The van der Waals surface area contributed by atoms with E-state index in [1.54, 1.807) is 24.1 Å². The van der Waals surface area contributed by atoms with Crippen molar-refractivity contribution in [3.8, 4) is 5.75 Å². The van der Waals surface area contributed by atoms with Crippen molar-refractivity contribution in [2.45, 2.75) is 5.37 Å². The summed E-state index contributed by atoms with van der Waals surface area (Å²) in [6.45, 7) is 0. The fourth-order valence-corrected chi connectivity index (χ4v) is 3.56. The second-order valence-electron chi connectivity index (χ2n) is 4.65. The number of rotatable bonds is 3. The Morgan fingerprint density at radius 2 is 1.90 bits per heavy atom. The van der Waals surface area contributed by atoms with Crippen LogP contribution in [0.25, 0.3) is 0 Å². The van der Waals surface area contributed by atoms with Gasteiger partial charge in [0.1, 0.15) is 16.9 Å². The highest BCUT2D eigenvalue weighted by atomic mass is 32.2. The number of para-hydroxylation sites is 2. The first-order chi connectivity index (χ1) is 10.2. The molecule has 2 aromatic rings. The van der Waals surface area contributed by atoms with Gasteiger partial charge in [-0.3, -0.25) is 9.69 Å². The highest BCUT2D eigenvalue weighted by Crippen LogP contribution is 2.44. The van der Waals surface area contributed by atoms with Crippen molar-refractivity contribution in [2.75, 3.05) is 17.8 Å². The average molecular weight is 303 g/mol. The second kappa shape index (κ2) is 5.77. The van der Waals surface area contributed by atoms with Crippen molar-refractivity contribution in [1.29, 1.82) is 0 Å². The Hall–Kier alpha value is -2.01. The van der Waals surface area contributed by atoms with Gasteiger partial charge in [-0.1, -0.05) is 24.3 Å². The van der Waals surface area contributed by atoms with Gasteiger partial charge in [0, 0.05) is 0 Å². The summed E-state index contributed by atoms with van der Waals surface area (Å²) in [5.74, 6) is 0.802. The molecule has 1 aliphatic heterocycles. The van der Waals surface area contributed by atoms with Gasteiger partial charge < -0.3 is 4.74 Å². The molecule has 5 heteroatoms. The zero-order valence-corrected chi connectivity index (χ0v) is 12.3.